The van der Waals surface area contributed by atoms with E-state index < -0.39 is 5.54 Å². The molecule has 4 rings (SSSR count). The van der Waals surface area contributed by atoms with Gasteiger partial charge in [-0.1, -0.05) is 29.8 Å². The molecule has 1 N–H and O–H groups in total. The molecule has 1 amide bonds. The van der Waals surface area contributed by atoms with E-state index in [2.05, 4.69) is 10.4 Å². The molecule has 3 heterocycles. The van der Waals surface area contributed by atoms with Crippen LogP contribution in [0.15, 0.2) is 42.7 Å². The van der Waals surface area contributed by atoms with E-state index in [-0.39, 0.29) is 17.6 Å². The first kappa shape index (κ1) is 18.9. The molecule has 6 heteroatoms. The minimum Gasteiger partial charge on any atom is -0.341 e. The predicted molar refractivity (Wildman–Crippen MR) is 107 cm³/mol. The number of rotatable bonds is 4. The van der Waals surface area contributed by atoms with Crippen molar-refractivity contribution in [1.29, 1.82) is 0 Å². The summed E-state index contributed by atoms with van der Waals surface area (Å²) >= 11 is 0. The number of amides is 1. The van der Waals surface area contributed by atoms with Crippen molar-refractivity contribution in [2.24, 2.45) is 5.92 Å². The number of likely N-dealkylation sites (tertiary alicyclic amines) is 1. The molecule has 0 radical (unpaired) electrons. The molecule has 1 aromatic heterocycles. The zero-order chi connectivity index (χ0) is 19.6. The molecular formula is C22H28N4O2. The van der Waals surface area contributed by atoms with Gasteiger partial charge in [0.1, 0.15) is 5.54 Å². The number of piperidine rings is 2. The Morgan fingerprint density at radius 2 is 1.79 bits per heavy atom. The molecule has 2 saturated heterocycles. The molecule has 148 valence electrons. The molecule has 2 aliphatic rings. The number of carbonyl (C=O) groups is 2. The Morgan fingerprint density at radius 1 is 1.11 bits per heavy atom. The Morgan fingerprint density at radius 3 is 2.39 bits per heavy atom. The lowest BCUT2D eigenvalue weighted by atomic mass is 9.84. The molecule has 0 unspecified atom stereocenters. The monoisotopic (exact) mass is 380 g/mol. The Labute approximate surface area is 165 Å². The van der Waals surface area contributed by atoms with Crippen LogP contribution in [0.4, 0.5) is 0 Å². The second kappa shape index (κ2) is 7.87. The van der Waals surface area contributed by atoms with Gasteiger partial charge in [-0.2, -0.15) is 5.10 Å². The Balaban J connectivity index is 1.44. The van der Waals surface area contributed by atoms with Crippen LogP contribution >= 0.6 is 0 Å². The highest BCUT2D eigenvalue weighted by molar-refractivity contribution is 5.98. The van der Waals surface area contributed by atoms with E-state index in [0.29, 0.717) is 13.1 Å². The van der Waals surface area contributed by atoms with Gasteiger partial charge in [0, 0.05) is 37.0 Å². The minimum absolute atomic E-state index is 0.000400. The number of hydrogen-bond acceptors (Lipinski definition) is 4. The van der Waals surface area contributed by atoms with E-state index in [0.717, 1.165) is 49.9 Å². The lowest BCUT2D eigenvalue weighted by Crippen LogP contribution is -2.57. The van der Waals surface area contributed by atoms with Crippen LogP contribution in [-0.2, 0) is 10.3 Å². The Bertz CT molecular complexity index is 815. The van der Waals surface area contributed by atoms with Crippen LogP contribution in [0.25, 0.3) is 0 Å². The van der Waals surface area contributed by atoms with Crippen LogP contribution in [0.1, 0.15) is 41.6 Å². The van der Waals surface area contributed by atoms with Crippen molar-refractivity contribution in [3.05, 3.63) is 53.9 Å². The number of hydrogen-bond donors (Lipinski definition) is 1. The van der Waals surface area contributed by atoms with Crippen LogP contribution in [0, 0.1) is 12.8 Å². The Hall–Kier alpha value is -2.47. The average molecular weight is 380 g/mol. The molecule has 28 heavy (non-hydrogen) atoms. The molecule has 2 aliphatic heterocycles. The third-order valence-electron chi connectivity index (χ3n) is 6.26. The number of carbonyl (C=O) groups excluding carboxylic acids is 2. The van der Waals surface area contributed by atoms with Gasteiger partial charge in [0.15, 0.2) is 5.78 Å². The zero-order valence-corrected chi connectivity index (χ0v) is 16.4. The molecule has 0 spiro atoms. The largest absolute Gasteiger partial charge is 0.341 e. The van der Waals surface area contributed by atoms with E-state index in [4.69, 9.17) is 0 Å². The summed E-state index contributed by atoms with van der Waals surface area (Å²) in [5.41, 5.74) is 1.34. The summed E-state index contributed by atoms with van der Waals surface area (Å²) < 4.78 is 1.85. The molecule has 2 aromatic rings. The molecule has 0 aliphatic carbocycles. The normalized spacial score (nSPS) is 20.1. The van der Waals surface area contributed by atoms with Gasteiger partial charge in [-0.3, -0.25) is 14.3 Å². The standard InChI is InChI=1S/C22H28N4O2/c1-17-3-5-18(6-4-17)20(27)19-7-15-25(16-8-19)21(28)22(9-12-23-13-10-22)26-14-2-11-24-26/h2-6,11,14,19,23H,7-10,12-13,15-16H2,1H3. The van der Waals surface area contributed by atoms with E-state index in [1.54, 1.807) is 6.20 Å². The number of aromatic nitrogens is 2. The highest BCUT2D eigenvalue weighted by Gasteiger charge is 2.45. The van der Waals surface area contributed by atoms with Crippen molar-refractivity contribution in [2.75, 3.05) is 26.2 Å². The summed E-state index contributed by atoms with van der Waals surface area (Å²) in [6.07, 6.45) is 6.59. The zero-order valence-electron chi connectivity index (χ0n) is 16.4. The molecular weight excluding hydrogens is 352 g/mol. The molecule has 1 aromatic carbocycles. The molecule has 0 saturated carbocycles. The fourth-order valence-electron chi connectivity index (χ4n) is 4.50. The average Bonchev–Trinajstić information content (AvgIpc) is 3.29. The second-order valence-corrected chi connectivity index (χ2v) is 8.03. The smallest absolute Gasteiger partial charge is 0.250 e. The highest BCUT2D eigenvalue weighted by atomic mass is 16.2. The molecule has 2 fully saturated rings. The molecule has 0 bridgehead atoms. The van der Waals surface area contributed by atoms with Gasteiger partial charge < -0.3 is 10.2 Å². The fraction of sp³-hybridized carbons (Fsp3) is 0.500. The highest BCUT2D eigenvalue weighted by Crippen LogP contribution is 2.32. The lowest BCUT2D eigenvalue weighted by Gasteiger charge is -2.42. The van der Waals surface area contributed by atoms with Crippen LogP contribution in [-0.4, -0.2) is 52.5 Å². The van der Waals surface area contributed by atoms with Crippen LogP contribution in [0.3, 0.4) is 0 Å². The maximum absolute atomic E-state index is 13.5. The van der Waals surface area contributed by atoms with Gasteiger partial charge in [0.25, 0.3) is 5.91 Å². The predicted octanol–water partition coefficient (Wildman–Crippen LogP) is 2.39. The maximum Gasteiger partial charge on any atom is 0.250 e. The van der Waals surface area contributed by atoms with Crippen LogP contribution < -0.4 is 5.32 Å². The van der Waals surface area contributed by atoms with Crippen LogP contribution in [0.2, 0.25) is 0 Å². The van der Waals surface area contributed by atoms with Crippen molar-refractivity contribution in [3.8, 4) is 0 Å². The third kappa shape index (κ3) is 3.49. The number of Topliss-reactive ketones (excluding diaryl/α,β-unsaturated/α-hetero) is 1. The van der Waals surface area contributed by atoms with Crippen LogP contribution in [0.5, 0.6) is 0 Å². The first-order valence-electron chi connectivity index (χ1n) is 10.2. The second-order valence-electron chi connectivity index (χ2n) is 8.03. The first-order chi connectivity index (χ1) is 13.6. The SMILES string of the molecule is Cc1ccc(C(=O)C2CCN(C(=O)C3(n4cccn4)CCNCC3)CC2)cc1. The number of ketones is 1. The van der Waals surface area contributed by atoms with Gasteiger partial charge >= 0.3 is 0 Å². The quantitative estimate of drug-likeness (QED) is 0.827. The van der Waals surface area contributed by atoms with Crippen molar-refractivity contribution in [2.45, 2.75) is 38.1 Å². The number of nitrogens with zero attached hydrogens (tertiary/aromatic N) is 3. The number of nitrogens with one attached hydrogen (secondary N) is 1. The van der Waals surface area contributed by atoms with Crippen molar-refractivity contribution < 1.29 is 9.59 Å². The fourth-order valence-corrected chi connectivity index (χ4v) is 4.50. The third-order valence-corrected chi connectivity index (χ3v) is 6.26. The summed E-state index contributed by atoms with van der Waals surface area (Å²) in [5, 5.41) is 7.75. The molecule has 6 nitrogen and oxygen atoms in total. The summed E-state index contributed by atoms with van der Waals surface area (Å²) in [6.45, 7) is 4.92. The van der Waals surface area contributed by atoms with E-state index >= 15 is 0 Å². The number of benzene rings is 1. The topological polar surface area (TPSA) is 67.2 Å². The van der Waals surface area contributed by atoms with Gasteiger partial charge in [-0.25, -0.2) is 0 Å². The number of aryl methyl sites for hydroxylation is 1. The summed E-state index contributed by atoms with van der Waals surface area (Å²) in [5.74, 6) is 0.357. The van der Waals surface area contributed by atoms with E-state index in [1.165, 1.54) is 0 Å². The maximum atomic E-state index is 13.5. The van der Waals surface area contributed by atoms with Gasteiger partial charge in [0.05, 0.1) is 0 Å². The van der Waals surface area contributed by atoms with Crippen molar-refractivity contribution in [1.82, 2.24) is 20.0 Å². The van der Waals surface area contributed by atoms with Gasteiger partial charge in [-0.15, -0.1) is 0 Å². The first-order valence-corrected chi connectivity index (χ1v) is 10.2. The summed E-state index contributed by atoms with van der Waals surface area (Å²) in [7, 11) is 0. The van der Waals surface area contributed by atoms with Gasteiger partial charge in [0.2, 0.25) is 0 Å². The summed E-state index contributed by atoms with van der Waals surface area (Å²) in [4.78, 5) is 28.3. The van der Waals surface area contributed by atoms with Gasteiger partial charge in [-0.05, 0) is 51.8 Å². The Kier molecular flexibility index (Phi) is 5.31. The van der Waals surface area contributed by atoms with E-state index in [9.17, 15) is 9.59 Å². The van der Waals surface area contributed by atoms with E-state index in [1.807, 2.05) is 53.0 Å². The van der Waals surface area contributed by atoms with Crippen molar-refractivity contribution in [3.63, 3.8) is 0 Å². The molecule has 0 atom stereocenters. The minimum atomic E-state index is -0.595. The lowest BCUT2D eigenvalue weighted by molar-refractivity contribution is -0.144. The summed E-state index contributed by atoms with van der Waals surface area (Å²) in [6, 6.07) is 9.67. The van der Waals surface area contributed by atoms with Crippen molar-refractivity contribution >= 4 is 11.7 Å².